The molecule has 0 aliphatic rings. The molecule has 3 nitrogen and oxygen atoms in total. The van der Waals surface area contributed by atoms with Crippen molar-refractivity contribution in [3.05, 3.63) is 83.3 Å². The number of amides is 1. The van der Waals surface area contributed by atoms with Gasteiger partial charge in [-0.2, -0.15) is 0 Å². The van der Waals surface area contributed by atoms with Crippen LogP contribution in [0.2, 0.25) is 0 Å². The molecule has 0 fully saturated rings. The van der Waals surface area contributed by atoms with E-state index >= 15 is 0 Å². The summed E-state index contributed by atoms with van der Waals surface area (Å²) in [7, 11) is 0. The minimum atomic E-state index is -0.0893. The Bertz CT molecular complexity index is 1160. The number of hydrogen-bond donors (Lipinski definition) is 1. The number of alkyl halides is 1. The first-order chi connectivity index (χ1) is 14.1. The topological polar surface area (TPSA) is 42.0 Å². The number of anilines is 1. The third-order valence-corrected chi connectivity index (χ3v) is 5.32. The molecule has 29 heavy (non-hydrogen) atoms. The highest BCUT2D eigenvalue weighted by Crippen LogP contribution is 2.33. The molecule has 0 bridgehead atoms. The Labute approximate surface area is 182 Å². The van der Waals surface area contributed by atoms with Crippen LogP contribution in [0.1, 0.15) is 6.42 Å². The summed E-state index contributed by atoms with van der Waals surface area (Å²) in [5.41, 5.74) is 5.83. The SMILES string of the molecule is O=C(CCCl)Nc1ccc(-c2cc(-c3ccccc3)c3cc(Br)ccc3n2)cc1. The highest BCUT2D eigenvalue weighted by atomic mass is 79.9. The first-order valence-corrected chi connectivity index (χ1v) is 10.6. The van der Waals surface area contributed by atoms with Gasteiger partial charge in [0.2, 0.25) is 5.91 Å². The number of hydrogen-bond acceptors (Lipinski definition) is 2. The van der Waals surface area contributed by atoms with Crippen molar-refractivity contribution < 1.29 is 4.79 Å². The summed E-state index contributed by atoms with van der Waals surface area (Å²) in [4.78, 5) is 16.6. The molecule has 4 rings (SSSR count). The highest BCUT2D eigenvalue weighted by molar-refractivity contribution is 9.10. The predicted molar refractivity (Wildman–Crippen MR) is 124 cm³/mol. The number of nitrogens with zero attached hydrogens (tertiary/aromatic N) is 1. The van der Waals surface area contributed by atoms with E-state index in [-0.39, 0.29) is 5.91 Å². The number of nitrogens with one attached hydrogen (secondary N) is 1. The molecule has 1 aromatic heterocycles. The fourth-order valence-electron chi connectivity index (χ4n) is 3.24. The zero-order valence-electron chi connectivity index (χ0n) is 15.5. The van der Waals surface area contributed by atoms with E-state index in [4.69, 9.17) is 16.6 Å². The van der Waals surface area contributed by atoms with Gasteiger partial charge in [0.1, 0.15) is 0 Å². The maximum absolute atomic E-state index is 11.7. The van der Waals surface area contributed by atoms with Crippen LogP contribution in [0, 0.1) is 0 Å². The maximum atomic E-state index is 11.7. The Morgan fingerprint density at radius 2 is 1.69 bits per heavy atom. The molecule has 4 aromatic rings. The van der Waals surface area contributed by atoms with Crippen molar-refractivity contribution in [3.8, 4) is 22.4 Å². The van der Waals surface area contributed by atoms with Crippen LogP contribution in [-0.2, 0) is 4.79 Å². The van der Waals surface area contributed by atoms with E-state index in [2.05, 4.69) is 45.5 Å². The van der Waals surface area contributed by atoms with Crippen molar-refractivity contribution in [3.63, 3.8) is 0 Å². The maximum Gasteiger partial charge on any atom is 0.225 e. The smallest absolute Gasteiger partial charge is 0.225 e. The summed E-state index contributed by atoms with van der Waals surface area (Å²) < 4.78 is 1.02. The van der Waals surface area contributed by atoms with Gasteiger partial charge in [0.25, 0.3) is 0 Å². The van der Waals surface area contributed by atoms with Crippen molar-refractivity contribution in [2.24, 2.45) is 0 Å². The molecule has 1 heterocycles. The standard InChI is InChI=1S/C24H18BrClN2O/c25-18-8-11-22-21(14-18)20(16-4-2-1-3-5-16)15-23(28-22)17-6-9-19(10-7-17)27-24(29)12-13-26/h1-11,14-15H,12-13H2,(H,27,29). The van der Waals surface area contributed by atoms with E-state index in [0.29, 0.717) is 12.3 Å². The number of aromatic nitrogens is 1. The summed E-state index contributed by atoms with van der Waals surface area (Å²) in [5.74, 6) is 0.220. The van der Waals surface area contributed by atoms with E-state index in [9.17, 15) is 4.79 Å². The van der Waals surface area contributed by atoms with Gasteiger partial charge in [-0.1, -0.05) is 58.4 Å². The van der Waals surface area contributed by atoms with Crippen molar-refractivity contribution in [1.29, 1.82) is 0 Å². The second-order valence-electron chi connectivity index (χ2n) is 6.65. The number of pyridine rings is 1. The van der Waals surface area contributed by atoms with E-state index in [1.54, 1.807) is 0 Å². The summed E-state index contributed by atoms with van der Waals surface area (Å²) in [6.07, 6.45) is 0.297. The molecule has 0 saturated heterocycles. The molecule has 3 aromatic carbocycles. The first-order valence-electron chi connectivity index (χ1n) is 9.26. The van der Waals surface area contributed by atoms with Crippen molar-refractivity contribution in [1.82, 2.24) is 4.98 Å². The quantitative estimate of drug-likeness (QED) is 0.326. The van der Waals surface area contributed by atoms with Gasteiger partial charge >= 0.3 is 0 Å². The molecule has 144 valence electrons. The summed E-state index contributed by atoms with van der Waals surface area (Å²) in [5, 5.41) is 3.94. The largest absolute Gasteiger partial charge is 0.326 e. The van der Waals surface area contributed by atoms with Gasteiger partial charge < -0.3 is 5.32 Å². The zero-order valence-corrected chi connectivity index (χ0v) is 17.9. The summed E-state index contributed by atoms with van der Waals surface area (Å²) in [6, 6.07) is 26.3. The number of carbonyl (C=O) groups is 1. The van der Waals surface area contributed by atoms with Crippen LogP contribution >= 0.6 is 27.5 Å². The normalized spacial score (nSPS) is 10.8. The number of carbonyl (C=O) groups excluding carboxylic acids is 1. The molecule has 1 amide bonds. The molecule has 0 radical (unpaired) electrons. The molecule has 0 spiro atoms. The van der Waals surface area contributed by atoms with E-state index < -0.39 is 0 Å². The zero-order chi connectivity index (χ0) is 20.2. The molecule has 0 atom stereocenters. The van der Waals surface area contributed by atoms with Gasteiger partial charge in [0, 0.05) is 33.4 Å². The monoisotopic (exact) mass is 464 g/mol. The fourth-order valence-corrected chi connectivity index (χ4v) is 3.77. The summed E-state index contributed by atoms with van der Waals surface area (Å²) in [6.45, 7) is 0. The second-order valence-corrected chi connectivity index (χ2v) is 7.94. The number of benzene rings is 3. The van der Waals surface area contributed by atoms with Crippen LogP contribution in [0.25, 0.3) is 33.3 Å². The predicted octanol–water partition coefficient (Wildman–Crippen LogP) is 6.90. The Morgan fingerprint density at radius 1 is 0.931 bits per heavy atom. The minimum absolute atomic E-state index is 0.0893. The fraction of sp³-hybridized carbons (Fsp3) is 0.0833. The Hall–Kier alpha value is -2.69. The Morgan fingerprint density at radius 3 is 2.41 bits per heavy atom. The van der Waals surface area contributed by atoms with Crippen molar-refractivity contribution in [2.75, 3.05) is 11.2 Å². The van der Waals surface area contributed by atoms with Crippen LogP contribution in [-0.4, -0.2) is 16.8 Å². The van der Waals surface area contributed by atoms with Gasteiger partial charge in [-0.3, -0.25) is 4.79 Å². The van der Waals surface area contributed by atoms with Crippen LogP contribution in [0.15, 0.2) is 83.3 Å². The molecule has 0 aliphatic heterocycles. The molecule has 0 saturated carbocycles. The van der Waals surface area contributed by atoms with Gasteiger partial charge in [-0.25, -0.2) is 4.98 Å². The molecular weight excluding hydrogens is 448 g/mol. The van der Waals surface area contributed by atoms with Crippen LogP contribution < -0.4 is 5.32 Å². The average molecular weight is 466 g/mol. The molecule has 1 N–H and O–H groups in total. The molecule has 0 aliphatic carbocycles. The van der Waals surface area contributed by atoms with E-state index in [0.717, 1.165) is 43.4 Å². The van der Waals surface area contributed by atoms with Crippen LogP contribution in [0.4, 0.5) is 5.69 Å². The van der Waals surface area contributed by atoms with E-state index in [1.807, 2.05) is 54.6 Å². The third-order valence-electron chi connectivity index (χ3n) is 4.64. The minimum Gasteiger partial charge on any atom is -0.326 e. The second kappa shape index (κ2) is 8.76. The van der Waals surface area contributed by atoms with Gasteiger partial charge in [-0.05, 0) is 47.5 Å². The van der Waals surface area contributed by atoms with Gasteiger partial charge in [-0.15, -0.1) is 11.6 Å². The number of halogens is 2. The first kappa shape index (κ1) is 19.6. The molecular formula is C24H18BrClN2O. The van der Waals surface area contributed by atoms with Gasteiger partial charge in [0.15, 0.2) is 0 Å². The number of fused-ring (bicyclic) bond motifs is 1. The lowest BCUT2D eigenvalue weighted by molar-refractivity contribution is -0.115. The summed E-state index contributed by atoms with van der Waals surface area (Å²) >= 11 is 9.19. The lowest BCUT2D eigenvalue weighted by atomic mass is 9.98. The van der Waals surface area contributed by atoms with E-state index in [1.165, 1.54) is 0 Å². The molecule has 0 unspecified atom stereocenters. The lowest BCUT2D eigenvalue weighted by Crippen LogP contribution is -2.11. The Balaban J connectivity index is 1.76. The van der Waals surface area contributed by atoms with Crippen LogP contribution in [0.3, 0.4) is 0 Å². The average Bonchev–Trinajstić information content (AvgIpc) is 2.74. The molecule has 5 heteroatoms. The lowest BCUT2D eigenvalue weighted by Gasteiger charge is -2.11. The highest BCUT2D eigenvalue weighted by Gasteiger charge is 2.10. The Kier molecular flexibility index (Phi) is 5.93. The van der Waals surface area contributed by atoms with Gasteiger partial charge in [0.05, 0.1) is 11.2 Å². The van der Waals surface area contributed by atoms with Crippen molar-refractivity contribution in [2.45, 2.75) is 6.42 Å². The van der Waals surface area contributed by atoms with Crippen molar-refractivity contribution >= 4 is 50.0 Å². The third kappa shape index (κ3) is 4.50. The number of rotatable bonds is 5. The van der Waals surface area contributed by atoms with Crippen LogP contribution in [0.5, 0.6) is 0 Å².